The van der Waals surface area contributed by atoms with Gasteiger partial charge >= 0.3 is 0 Å². The van der Waals surface area contributed by atoms with Gasteiger partial charge in [-0.3, -0.25) is 9.59 Å². The Balaban J connectivity index is 1.66. The predicted molar refractivity (Wildman–Crippen MR) is 133 cm³/mol. The van der Waals surface area contributed by atoms with Gasteiger partial charge in [-0.2, -0.15) is 0 Å². The number of nitrogens with zero attached hydrogens (tertiary/aromatic N) is 1. The molecule has 166 valence electrons. The summed E-state index contributed by atoms with van der Waals surface area (Å²) in [5.41, 5.74) is 3.44. The summed E-state index contributed by atoms with van der Waals surface area (Å²) in [5, 5.41) is 5.00. The van der Waals surface area contributed by atoms with E-state index in [1.807, 2.05) is 57.2 Å². The first-order valence-electron chi connectivity index (χ1n) is 11.2. The third-order valence-corrected chi connectivity index (χ3v) is 9.91. The fourth-order valence-corrected chi connectivity index (χ4v) is 6.23. The summed E-state index contributed by atoms with van der Waals surface area (Å²) in [4.78, 5) is 28.0. The fourth-order valence-electron chi connectivity index (χ4n) is 4.41. The predicted octanol–water partition coefficient (Wildman–Crippen LogP) is 6.15. The number of hydrogen-bond donors (Lipinski definition) is 1. The van der Waals surface area contributed by atoms with Crippen LogP contribution < -0.4 is 10.2 Å². The molecular weight excluding hydrogens is 419 g/mol. The van der Waals surface area contributed by atoms with Crippen LogP contribution in [0.1, 0.15) is 46.5 Å². The molecule has 0 unspecified atom stereocenters. The minimum atomic E-state index is -2.05. The number of amides is 2. The lowest BCUT2D eigenvalue weighted by molar-refractivity contribution is 0.0893. The zero-order valence-electron chi connectivity index (χ0n) is 18.9. The van der Waals surface area contributed by atoms with E-state index in [-0.39, 0.29) is 11.8 Å². The number of nitrogens with one attached hydrogen (secondary N) is 1. The van der Waals surface area contributed by atoms with Crippen LogP contribution in [0.4, 0.5) is 11.4 Å². The van der Waals surface area contributed by atoms with Crippen molar-refractivity contribution in [3.05, 3.63) is 71.3 Å². The second kappa shape index (κ2) is 8.91. The molecule has 4 rings (SSSR count). The molecule has 6 heteroatoms. The molecule has 1 aliphatic heterocycles. The topological polar surface area (TPSA) is 66.5 Å². The Morgan fingerprint density at radius 1 is 0.875 bits per heavy atom. The van der Waals surface area contributed by atoms with Crippen molar-refractivity contribution in [3.63, 3.8) is 0 Å². The van der Waals surface area contributed by atoms with Crippen molar-refractivity contribution in [1.29, 1.82) is 0 Å². The average molecular weight is 449 g/mol. The Bertz CT molecular complexity index is 1220. The lowest BCUT2D eigenvalue weighted by Gasteiger charge is -2.29. The van der Waals surface area contributed by atoms with Crippen molar-refractivity contribution in [2.75, 3.05) is 35.2 Å². The van der Waals surface area contributed by atoms with Crippen LogP contribution in [0.3, 0.4) is 0 Å². The van der Waals surface area contributed by atoms with Crippen LogP contribution in [0.5, 0.6) is 0 Å². The summed E-state index contributed by atoms with van der Waals surface area (Å²) in [6, 6.07) is 16.7. The highest BCUT2D eigenvalue weighted by molar-refractivity contribution is 7.63. The summed E-state index contributed by atoms with van der Waals surface area (Å²) in [6.07, 6.45) is 3.04. The monoisotopic (exact) mass is 448 g/mol. The summed E-state index contributed by atoms with van der Waals surface area (Å²) in [6.45, 7) is 6.59. The van der Waals surface area contributed by atoms with Crippen molar-refractivity contribution in [3.8, 4) is 0 Å². The van der Waals surface area contributed by atoms with Gasteiger partial charge in [-0.05, 0) is 55.5 Å². The van der Waals surface area contributed by atoms with Gasteiger partial charge in [0, 0.05) is 40.3 Å². The van der Waals surface area contributed by atoms with Crippen LogP contribution in [0, 0.1) is 6.92 Å². The van der Waals surface area contributed by atoms with E-state index in [0.29, 0.717) is 28.7 Å². The van der Waals surface area contributed by atoms with Gasteiger partial charge in [0.1, 0.15) is 0 Å². The number of benzene rings is 3. The summed E-state index contributed by atoms with van der Waals surface area (Å²) < 4.78 is 12.6. The lowest BCUT2D eigenvalue weighted by Crippen LogP contribution is -2.40. The van der Waals surface area contributed by atoms with E-state index in [2.05, 4.69) is 5.32 Å². The molecule has 0 aliphatic carbocycles. The van der Waals surface area contributed by atoms with Gasteiger partial charge < -0.3 is 9.88 Å². The van der Waals surface area contributed by atoms with Gasteiger partial charge in [0.15, 0.2) is 0 Å². The number of carbonyl (C=O) groups is 2. The molecule has 2 amide bonds. The molecule has 1 aliphatic rings. The Morgan fingerprint density at radius 2 is 1.56 bits per heavy atom. The second-order valence-corrected chi connectivity index (χ2v) is 12.1. The van der Waals surface area contributed by atoms with Crippen LogP contribution >= 0.6 is 7.14 Å². The third kappa shape index (κ3) is 3.86. The molecule has 0 atom stereocenters. The van der Waals surface area contributed by atoms with Gasteiger partial charge in [0.05, 0.1) is 12.8 Å². The summed E-state index contributed by atoms with van der Waals surface area (Å²) in [5.74, 6) is -0.599. The number of anilines is 2. The zero-order chi connectivity index (χ0) is 22.9. The van der Waals surface area contributed by atoms with E-state index in [1.165, 1.54) is 4.90 Å². The van der Waals surface area contributed by atoms with Crippen molar-refractivity contribution < 1.29 is 14.2 Å². The van der Waals surface area contributed by atoms with Crippen LogP contribution in [0.25, 0.3) is 10.8 Å². The lowest BCUT2D eigenvalue weighted by atomic mass is 9.92. The molecule has 0 spiro atoms. The molecule has 5 nitrogen and oxygen atoms in total. The Hall–Kier alpha value is -2.91. The van der Waals surface area contributed by atoms with Gasteiger partial charge in [-0.1, -0.05) is 44.2 Å². The van der Waals surface area contributed by atoms with E-state index in [9.17, 15) is 14.2 Å². The standard InChI is InChI=1S/C26H29N2O3P/c1-4-32(31,5-2)17-9-16-27-22-15-14-21-24-19(22)11-8-12-20(24)25(29)28(26(21)30)23-13-7-6-10-18(23)3/h6-8,10-15,27H,4-5,9,16-17H2,1-3H3. The first-order chi connectivity index (χ1) is 15.4. The molecule has 32 heavy (non-hydrogen) atoms. The van der Waals surface area contributed by atoms with Gasteiger partial charge in [0.25, 0.3) is 11.8 Å². The van der Waals surface area contributed by atoms with E-state index in [4.69, 9.17) is 0 Å². The van der Waals surface area contributed by atoms with Crippen LogP contribution in [0.15, 0.2) is 54.6 Å². The van der Waals surface area contributed by atoms with E-state index in [1.54, 1.807) is 18.2 Å². The SMILES string of the molecule is CCP(=O)(CC)CCCNc1ccc2c3c(cccc13)C(=O)N(c1ccccc1C)C2=O. The number of imide groups is 1. The average Bonchev–Trinajstić information content (AvgIpc) is 2.81. The molecule has 0 radical (unpaired) electrons. The summed E-state index contributed by atoms with van der Waals surface area (Å²) in [7, 11) is -2.05. The molecule has 0 aromatic heterocycles. The molecule has 0 bridgehead atoms. The number of carbonyl (C=O) groups excluding carboxylic acids is 2. The highest BCUT2D eigenvalue weighted by Gasteiger charge is 2.35. The van der Waals surface area contributed by atoms with Crippen molar-refractivity contribution in [2.45, 2.75) is 27.2 Å². The highest BCUT2D eigenvalue weighted by atomic mass is 31.2. The van der Waals surface area contributed by atoms with E-state index < -0.39 is 7.14 Å². The molecule has 1 heterocycles. The zero-order valence-corrected chi connectivity index (χ0v) is 19.7. The minimum absolute atomic E-state index is 0.300. The number of aryl methyl sites for hydroxylation is 1. The largest absolute Gasteiger partial charge is 0.385 e. The van der Waals surface area contributed by atoms with Gasteiger partial charge in [-0.15, -0.1) is 0 Å². The van der Waals surface area contributed by atoms with E-state index >= 15 is 0 Å². The van der Waals surface area contributed by atoms with Crippen molar-refractivity contribution in [1.82, 2.24) is 0 Å². The van der Waals surface area contributed by atoms with Crippen molar-refractivity contribution >= 4 is 41.1 Å². The molecular formula is C26H29N2O3P. The van der Waals surface area contributed by atoms with Crippen LogP contribution in [0.2, 0.25) is 0 Å². The van der Waals surface area contributed by atoms with E-state index in [0.717, 1.165) is 41.5 Å². The highest BCUT2D eigenvalue weighted by Crippen LogP contribution is 2.45. The smallest absolute Gasteiger partial charge is 0.265 e. The maximum absolute atomic E-state index is 13.4. The van der Waals surface area contributed by atoms with Crippen LogP contribution in [-0.4, -0.2) is 36.8 Å². The van der Waals surface area contributed by atoms with Crippen molar-refractivity contribution in [2.24, 2.45) is 0 Å². The normalized spacial score (nSPS) is 13.7. The molecule has 1 N–H and O–H groups in total. The maximum atomic E-state index is 13.4. The number of rotatable bonds is 8. The maximum Gasteiger partial charge on any atom is 0.265 e. The molecule has 3 aromatic rings. The minimum Gasteiger partial charge on any atom is -0.385 e. The van der Waals surface area contributed by atoms with Gasteiger partial charge in [-0.25, -0.2) is 4.90 Å². The molecule has 3 aromatic carbocycles. The quantitative estimate of drug-likeness (QED) is 0.255. The first-order valence-corrected chi connectivity index (χ1v) is 13.5. The molecule has 0 fully saturated rings. The number of hydrogen-bond acceptors (Lipinski definition) is 4. The number of para-hydroxylation sites is 1. The second-order valence-electron chi connectivity index (χ2n) is 8.32. The molecule has 0 saturated carbocycles. The van der Waals surface area contributed by atoms with Crippen LogP contribution in [-0.2, 0) is 4.57 Å². The summed E-state index contributed by atoms with van der Waals surface area (Å²) >= 11 is 0. The fraction of sp³-hybridized carbons (Fsp3) is 0.308. The first kappa shape index (κ1) is 22.3. The Labute approximate surface area is 189 Å². The Kier molecular flexibility index (Phi) is 6.21. The third-order valence-electron chi connectivity index (χ3n) is 6.47. The Morgan fingerprint density at radius 3 is 2.25 bits per heavy atom. The molecule has 0 saturated heterocycles. The van der Waals surface area contributed by atoms with Gasteiger partial charge in [0.2, 0.25) is 0 Å².